The van der Waals surface area contributed by atoms with Crippen molar-refractivity contribution < 1.29 is 9.90 Å². The van der Waals surface area contributed by atoms with Gasteiger partial charge in [0.05, 0.1) is 0 Å². The molecule has 1 aliphatic heterocycles. The van der Waals surface area contributed by atoms with Crippen LogP contribution in [-0.2, 0) is 10.3 Å². The molecule has 0 aliphatic carbocycles. The van der Waals surface area contributed by atoms with Gasteiger partial charge in [0.2, 0.25) is 0 Å². The van der Waals surface area contributed by atoms with Crippen LogP contribution in [0.5, 0.6) is 0 Å². The van der Waals surface area contributed by atoms with Gasteiger partial charge in [-0.2, -0.15) is 0 Å². The largest absolute Gasteiger partial charge is 0.480 e. The van der Waals surface area contributed by atoms with Gasteiger partial charge < -0.3 is 5.11 Å². The number of nitrogens with zero attached hydrogens (tertiary/aromatic N) is 2. The zero-order valence-corrected chi connectivity index (χ0v) is 11.0. The summed E-state index contributed by atoms with van der Waals surface area (Å²) in [5.41, 5.74) is -0.207. The zero-order valence-electron chi connectivity index (χ0n) is 11.0. The van der Waals surface area contributed by atoms with E-state index < -0.39 is 11.5 Å². The third-order valence-electron chi connectivity index (χ3n) is 4.06. The Balaban J connectivity index is 2.30. The molecule has 2 rings (SSSR count). The molecular weight excluding hydrogens is 228 g/mol. The highest BCUT2D eigenvalue weighted by atomic mass is 16.4. The standard InChI is InChI=1S/C14H20N2O2/c1-11-5-8-16(9-6-11)14(2,13(17)18)12-4-3-7-15-10-12/h3-4,7,10-11H,5-6,8-9H2,1-2H3,(H,17,18). The van der Waals surface area contributed by atoms with Crippen molar-refractivity contribution in [3.05, 3.63) is 30.1 Å². The van der Waals surface area contributed by atoms with Crippen molar-refractivity contribution in [2.45, 2.75) is 32.2 Å². The summed E-state index contributed by atoms with van der Waals surface area (Å²) in [5, 5.41) is 9.63. The summed E-state index contributed by atoms with van der Waals surface area (Å²) in [4.78, 5) is 17.8. The van der Waals surface area contributed by atoms with Crippen molar-refractivity contribution in [2.75, 3.05) is 13.1 Å². The third-order valence-corrected chi connectivity index (χ3v) is 4.06. The Morgan fingerprint density at radius 3 is 2.67 bits per heavy atom. The van der Waals surface area contributed by atoms with Gasteiger partial charge in [-0.15, -0.1) is 0 Å². The molecule has 1 saturated heterocycles. The van der Waals surface area contributed by atoms with Gasteiger partial charge in [0.25, 0.3) is 0 Å². The number of carboxylic acid groups (broad SMARTS) is 1. The minimum absolute atomic E-state index is 0.688. The SMILES string of the molecule is CC1CCN(C(C)(C(=O)O)c2cccnc2)CC1. The first kappa shape index (κ1) is 13.0. The first-order chi connectivity index (χ1) is 8.55. The number of likely N-dealkylation sites (tertiary alicyclic amines) is 1. The highest BCUT2D eigenvalue weighted by Crippen LogP contribution is 2.32. The summed E-state index contributed by atoms with van der Waals surface area (Å²) in [6.45, 7) is 5.67. The topological polar surface area (TPSA) is 53.4 Å². The molecule has 4 nitrogen and oxygen atoms in total. The monoisotopic (exact) mass is 248 g/mol. The number of pyridine rings is 1. The second-order valence-electron chi connectivity index (χ2n) is 5.29. The second-order valence-corrected chi connectivity index (χ2v) is 5.29. The van der Waals surface area contributed by atoms with Gasteiger partial charge in [-0.05, 0) is 44.8 Å². The molecule has 2 heterocycles. The van der Waals surface area contributed by atoms with Crippen LogP contribution in [0.25, 0.3) is 0 Å². The fourth-order valence-corrected chi connectivity index (χ4v) is 2.55. The lowest BCUT2D eigenvalue weighted by Gasteiger charge is -2.41. The van der Waals surface area contributed by atoms with Gasteiger partial charge in [-0.3, -0.25) is 9.88 Å². The van der Waals surface area contributed by atoms with E-state index in [1.54, 1.807) is 25.4 Å². The molecular formula is C14H20N2O2. The van der Waals surface area contributed by atoms with Crippen LogP contribution >= 0.6 is 0 Å². The van der Waals surface area contributed by atoms with E-state index in [1.165, 1.54) is 0 Å². The predicted octanol–water partition coefficient (Wildman–Crippen LogP) is 2.11. The smallest absolute Gasteiger partial charge is 0.328 e. The Morgan fingerprint density at radius 2 is 2.17 bits per heavy atom. The van der Waals surface area contributed by atoms with Crippen LogP contribution < -0.4 is 0 Å². The van der Waals surface area contributed by atoms with Gasteiger partial charge in [0.15, 0.2) is 0 Å². The molecule has 1 unspecified atom stereocenters. The van der Waals surface area contributed by atoms with Gasteiger partial charge in [-0.1, -0.05) is 13.0 Å². The van der Waals surface area contributed by atoms with Gasteiger partial charge in [0.1, 0.15) is 5.54 Å². The molecule has 1 aromatic heterocycles. The summed E-state index contributed by atoms with van der Waals surface area (Å²) in [6.07, 6.45) is 5.45. The van der Waals surface area contributed by atoms with Gasteiger partial charge in [-0.25, -0.2) is 4.79 Å². The maximum atomic E-state index is 11.7. The first-order valence-corrected chi connectivity index (χ1v) is 6.44. The fraction of sp³-hybridized carbons (Fsp3) is 0.571. The number of carbonyl (C=O) groups is 1. The summed E-state index contributed by atoms with van der Waals surface area (Å²) in [5.74, 6) is -0.113. The molecule has 1 fully saturated rings. The normalized spacial score (nSPS) is 21.4. The van der Waals surface area contributed by atoms with Crippen molar-refractivity contribution in [3.8, 4) is 0 Å². The molecule has 1 aromatic rings. The van der Waals surface area contributed by atoms with Crippen LogP contribution in [0.1, 0.15) is 32.3 Å². The van der Waals surface area contributed by atoms with Crippen LogP contribution in [0.15, 0.2) is 24.5 Å². The van der Waals surface area contributed by atoms with Crippen molar-refractivity contribution >= 4 is 5.97 Å². The molecule has 0 aromatic carbocycles. The highest BCUT2D eigenvalue weighted by molar-refractivity contribution is 5.80. The van der Waals surface area contributed by atoms with Crippen LogP contribution in [0.3, 0.4) is 0 Å². The molecule has 98 valence electrons. The van der Waals surface area contributed by atoms with Crippen molar-refractivity contribution in [3.63, 3.8) is 0 Å². The van der Waals surface area contributed by atoms with Crippen LogP contribution in [0.2, 0.25) is 0 Å². The number of aromatic nitrogens is 1. The molecule has 0 bridgehead atoms. The van der Waals surface area contributed by atoms with Crippen LogP contribution in [0, 0.1) is 5.92 Å². The van der Waals surface area contributed by atoms with Crippen LogP contribution in [0.4, 0.5) is 0 Å². The minimum Gasteiger partial charge on any atom is -0.480 e. The lowest BCUT2D eigenvalue weighted by Crippen LogP contribution is -2.52. The summed E-state index contributed by atoms with van der Waals surface area (Å²) < 4.78 is 0. The zero-order chi connectivity index (χ0) is 13.2. The molecule has 0 spiro atoms. The molecule has 1 N–H and O–H groups in total. The maximum absolute atomic E-state index is 11.7. The number of hydrogen-bond acceptors (Lipinski definition) is 3. The summed E-state index contributed by atoms with van der Waals surface area (Å²) in [6, 6.07) is 3.64. The Hall–Kier alpha value is -1.42. The molecule has 4 heteroatoms. The number of hydrogen-bond donors (Lipinski definition) is 1. The fourth-order valence-electron chi connectivity index (χ4n) is 2.55. The Labute approximate surface area is 108 Å². The third kappa shape index (κ3) is 2.25. The summed E-state index contributed by atoms with van der Waals surface area (Å²) >= 11 is 0. The lowest BCUT2D eigenvalue weighted by molar-refractivity contribution is -0.152. The molecule has 0 saturated carbocycles. The first-order valence-electron chi connectivity index (χ1n) is 6.44. The van der Waals surface area contributed by atoms with Crippen molar-refractivity contribution in [2.24, 2.45) is 5.92 Å². The van der Waals surface area contributed by atoms with E-state index in [9.17, 15) is 9.90 Å². The Bertz CT molecular complexity index is 413. The number of rotatable bonds is 3. The maximum Gasteiger partial charge on any atom is 0.328 e. The lowest BCUT2D eigenvalue weighted by atomic mass is 9.87. The van der Waals surface area contributed by atoms with Crippen molar-refractivity contribution in [1.82, 2.24) is 9.88 Å². The Morgan fingerprint density at radius 1 is 1.50 bits per heavy atom. The molecule has 1 atom stereocenters. The Kier molecular flexibility index (Phi) is 3.66. The molecule has 18 heavy (non-hydrogen) atoms. The van der Waals surface area contributed by atoms with Gasteiger partial charge >= 0.3 is 5.97 Å². The van der Waals surface area contributed by atoms with E-state index in [4.69, 9.17) is 0 Å². The molecule has 0 radical (unpaired) electrons. The number of carboxylic acids is 1. The van der Waals surface area contributed by atoms with E-state index in [0.29, 0.717) is 5.92 Å². The van der Waals surface area contributed by atoms with E-state index >= 15 is 0 Å². The van der Waals surface area contributed by atoms with E-state index in [-0.39, 0.29) is 0 Å². The molecule has 0 amide bonds. The highest BCUT2D eigenvalue weighted by Gasteiger charge is 2.42. The van der Waals surface area contributed by atoms with E-state index in [0.717, 1.165) is 31.5 Å². The van der Waals surface area contributed by atoms with E-state index in [2.05, 4.69) is 16.8 Å². The average molecular weight is 248 g/mol. The number of piperidine rings is 1. The quantitative estimate of drug-likeness (QED) is 0.890. The minimum atomic E-state index is -0.964. The van der Waals surface area contributed by atoms with Crippen molar-refractivity contribution in [1.29, 1.82) is 0 Å². The molecule has 1 aliphatic rings. The second kappa shape index (κ2) is 5.06. The summed E-state index contributed by atoms with van der Waals surface area (Å²) in [7, 11) is 0. The average Bonchev–Trinajstić information content (AvgIpc) is 2.39. The van der Waals surface area contributed by atoms with E-state index in [1.807, 2.05) is 6.07 Å². The predicted molar refractivity (Wildman–Crippen MR) is 69.2 cm³/mol. The van der Waals surface area contributed by atoms with Gasteiger partial charge in [0, 0.05) is 18.0 Å². The van der Waals surface area contributed by atoms with Crippen LogP contribution in [-0.4, -0.2) is 34.0 Å². The number of aliphatic carboxylic acids is 1.